The molecule has 2 rings (SSSR count). The number of benzene rings is 1. The molecule has 1 heterocycles. The maximum Gasteiger partial charge on any atom is 0.245 e. The van der Waals surface area contributed by atoms with Crippen LogP contribution in [0, 0.1) is 6.92 Å². The van der Waals surface area contributed by atoms with Crippen molar-refractivity contribution in [2.75, 3.05) is 18.4 Å². The molecule has 1 aromatic heterocycles. The van der Waals surface area contributed by atoms with Crippen molar-refractivity contribution in [1.82, 2.24) is 9.88 Å². The predicted molar refractivity (Wildman–Crippen MR) is 92.5 cm³/mol. The first-order valence-corrected chi connectivity index (χ1v) is 8.44. The minimum Gasteiger partial charge on any atom is -0.333 e. The van der Waals surface area contributed by atoms with Crippen LogP contribution < -0.4 is 5.32 Å². The Hall–Kier alpha value is -2.21. The van der Waals surface area contributed by atoms with Crippen LogP contribution in [-0.2, 0) is 16.0 Å². The van der Waals surface area contributed by atoms with Gasteiger partial charge < -0.3 is 10.2 Å². The molecule has 122 valence electrons. The summed E-state index contributed by atoms with van der Waals surface area (Å²) in [4.78, 5) is 31.3. The molecular formula is C17H21N3O2S. The first kappa shape index (κ1) is 17.1. The lowest BCUT2D eigenvalue weighted by atomic mass is 10.1. The van der Waals surface area contributed by atoms with Gasteiger partial charge in [-0.25, -0.2) is 4.98 Å². The molecule has 0 aliphatic rings. The van der Waals surface area contributed by atoms with Crippen molar-refractivity contribution >= 4 is 28.3 Å². The van der Waals surface area contributed by atoms with Crippen molar-refractivity contribution in [3.63, 3.8) is 0 Å². The molecule has 0 saturated heterocycles. The molecule has 2 amide bonds. The summed E-state index contributed by atoms with van der Waals surface area (Å²) >= 11 is 1.42. The number of thiazole rings is 1. The zero-order valence-electron chi connectivity index (χ0n) is 13.4. The third-order valence-electron chi connectivity index (χ3n) is 3.25. The minimum absolute atomic E-state index is 0.0384. The van der Waals surface area contributed by atoms with E-state index in [0.717, 1.165) is 16.9 Å². The van der Waals surface area contributed by atoms with Gasteiger partial charge in [0.2, 0.25) is 11.8 Å². The topological polar surface area (TPSA) is 62.3 Å². The fraction of sp³-hybridized carbons (Fsp3) is 0.353. The van der Waals surface area contributed by atoms with E-state index in [1.54, 1.807) is 11.1 Å². The van der Waals surface area contributed by atoms with Gasteiger partial charge in [-0.3, -0.25) is 9.59 Å². The second kappa shape index (κ2) is 8.43. The Morgan fingerprint density at radius 2 is 2.00 bits per heavy atom. The lowest BCUT2D eigenvalue weighted by Gasteiger charge is -2.21. The Kier molecular flexibility index (Phi) is 6.29. The van der Waals surface area contributed by atoms with Gasteiger partial charge in [-0.2, -0.15) is 0 Å². The second-order valence-electron chi connectivity index (χ2n) is 5.30. The van der Waals surface area contributed by atoms with Crippen molar-refractivity contribution < 1.29 is 9.59 Å². The molecule has 0 aliphatic heterocycles. The lowest BCUT2D eigenvalue weighted by molar-refractivity contribution is -0.134. The van der Waals surface area contributed by atoms with E-state index in [2.05, 4.69) is 10.3 Å². The van der Waals surface area contributed by atoms with E-state index in [1.165, 1.54) is 11.3 Å². The molecule has 5 nitrogen and oxygen atoms in total. The molecule has 6 heteroatoms. The van der Waals surface area contributed by atoms with Crippen LogP contribution in [0.1, 0.15) is 23.8 Å². The first-order valence-electron chi connectivity index (χ1n) is 7.62. The van der Waals surface area contributed by atoms with Gasteiger partial charge in [0, 0.05) is 17.6 Å². The third-order valence-corrected chi connectivity index (χ3v) is 4.07. The standard InChI is InChI=1S/C17H21N3O2S/c1-3-9-20(16(22)10-14-7-5-4-6-8-14)12-15(21)19-17-18-11-13(2)23-17/h4-8,11H,3,9-10,12H2,1-2H3,(H,18,19,21). The summed E-state index contributed by atoms with van der Waals surface area (Å²) in [6.45, 7) is 4.54. The molecule has 0 unspecified atom stereocenters. The Labute approximate surface area is 140 Å². The summed E-state index contributed by atoms with van der Waals surface area (Å²) in [7, 11) is 0. The molecule has 1 aromatic carbocycles. The van der Waals surface area contributed by atoms with E-state index in [4.69, 9.17) is 0 Å². The quantitative estimate of drug-likeness (QED) is 0.848. The molecule has 1 N–H and O–H groups in total. The molecule has 0 radical (unpaired) electrons. The summed E-state index contributed by atoms with van der Waals surface area (Å²) < 4.78 is 0. The van der Waals surface area contributed by atoms with Gasteiger partial charge in [-0.05, 0) is 18.9 Å². The van der Waals surface area contributed by atoms with Crippen LogP contribution in [0.25, 0.3) is 0 Å². The number of carbonyl (C=O) groups is 2. The Balaban J connectivity index is 1.94. The SMILES string of the molecule is CCCN(CC(=O)Nc1ncc(C)s1)C(=O)Cc1ccccc1. The highest BCUT2D eigenvalue weighted by atomic mass is 32.1. The number of nitrogens with one attached hydrogen (secondary N) is 1. The predicted octanol–water partition coefficient (Wildman–Crippen LogP) is 2.87. The van der Waals surface area contributed by atoms with Gasteiger partial charge in [0.05, 0.1) is 13.0 Å². The average Bonchev–Trinajstić information content (AvgIpc) is 2.92. The van der Waals surface area contributed by atoms with E-state index < -0.39 is 0 Å². The summed E-state index contributed by atoms with van der Waals surface area (Å²) in [6, 6.07) is 9.57. The average molecular weight is 331 g/mol. The van der Waals surface area contributed by atoms with Crippen molar-refractivity contribution in [3.8, 4) is 0 Å². The summed E-state index contributed by atoms with van der Waals surface area (Å²) in [5, 5.41) is 3.31. The normalized spacial score (nSPS) is 10.3. The largest absolute Gasteiger partial charge is 0.333 e. The van der Waals surface area contributed by atoms with E-state index in [1.807, 2.05) is 44.2 Å². The second-order valence-corrected chi connectivity index (χ2v) is 6.54. The number of hydrogen-bond acceptors (Lipinski definition) is 4. The molecule has 0 saturated carbocycles. The van der Waals surface area contributed by atoms with E-state index in [9.17, 15) is 9.59 Å². The molecule has 23 heavy (non-hydrogen) atoms. The van der Waals surface area contributed by atoms with Gasteiger partial charge in [0.25, 0.3) is 0 Å². The molecule has 0 fully saturated rings. The zero-order chi connectivity index (χ0) is 16.7. The monoisotopic (exact) mass is 331 g/mol. The highest BCUT2D eigenvalue weighted by Crippen LogP contribution is 2.16. The van der Waals surface area contributed by atoms with Crippen LogP contribution in [0.2, 0.25) is 0 Å². The van der Waals surface area contributed by atoms with E-state index in [-0.39, 0.29) is 18.4 Å². The number of nitrogens with zero attached hydrogens (tertiary/aromatic N) is 2. The molecular weight excluding hydrogens is 310 g/mol. The van der Waals surface area contributed by atoms with Crippen LogP contribution >= 0.6 is 11.3 Å². The number of anilines is 1. The molecule has 0 bridgehead atoms. The highest BCUT2D eigenvalue weighted by Gasteiger charge is 2.17. The fourth-order valence-electron chi connectivity index (χ4n) is 2.19. The fourth-order valence-corrected chi connectivity index (χ4v) is 2.87. The van der Waals surface area contributed by atoms with Crippen molar-refractivity contribution in [3.05, 3.63) is 47.0 Å². The summed E-state index contributed by atoms with van der Waals surface area (Å²) in [5.41, 5.74) is 0.953. The van der Waals surface area contributed by atoms with Crippen molar-refractivity contribution in [2.24, 2.45) is 0 Å². The third kappa shape index (κ3) is 5.49. The van der Waals surface area contributed by atoms with Gasteiger partial charge >= 0.3 is 0 Å². The zero-order valence-corrected chi connectivity index (χ0v) is 14.2. The Morgan fingerprint density at radius 3 is 2.61 bits per heavy atom. The van der Waals surface area contributed by atoms with E-state index >= 15 is 0 Å². The maximum absolute atomic E-state index is 12.4. The van der Waals surface area contributed by atoms with E-state index in [0.29, 0.717) is 18.1 Å². The lowest BCUT2D eigenvalue weighted by Crippen LogP contribution is -2.39. The molecule has 0 aliphatic carbocycles. The van der Waals surface area contributed by atoms with Crippen LogP contribution in [0.15, 0.2) is 36.5 Å². The first-order chi connectivity index (χ1) is 11.1. The van der Waals surface area contributed by atoms with Crippen LogP contribution in [0.3, 0.4) is 0 Å². The number of rotatable bonds is 7. The molecule has 2 aromatic rings. The summed E-state index contributed by atoms with van der Waals surface area (Å²) in [5.74, 6) is -0.252. The van der Waals surface area contributed by atoms with Gasteiger partial charge in [0.15, 0.2) is 5.13 Å². The number of hydrogen-bond donors (Lipinski definition) is 1. The molecule has 0 atom stereocenters. The van der Waals surface area contributed by atoms with Gasteiger partial charge in [0.1, 0.15) is 0 Å². The van der Waals surface area contributed by atoms with Gasteiger partial charge in [-0.15, -0.1) is 11.3 Å². The Bertz CT molecular complexity index is 655. The number of aromatic nitrogens is 1. The minimum atomic E-state index is -0.214. The number of amides is 2. The highest BCUT2D eigenvalue weighted by molar-refractivity contribution is 7.15. The van der Waals surface area contributed by atoms with Crippen LogP contribution in [0.5, 0.6) is 0 Å². The maximum atomic E-state index is 12.4. The van der Waals surface area contributed by atoms with Gasteiger partial charge in [-0.1, -0.05) is 37.3 Å². The number of aryl methyl sites for hydroxylation is 1. The molecule has 0 spiro atoms. The Morgan fingerprint density at radius 1 is 1.26 bits per heavy atom. The smallest absolute Gasteiger partial charge is 0.245 e. The summed E-state index contributed by atoms with van der Waals surface area (Å²) in [6.07, 6.45) is 2.83. The number of carbonyl (C=O) groups excluding carboxylic acids is 2. The van der Waals surface area contributed by atoms with Crippen LogP contribution in [-0.4, -0.2) is 34.8 Å². The van der Waals surface area contributed by atoms with Crippen molar-refractivity contribution in [1.29, 1.82) is 0 Å². The van der Waals surface area contributed by atoms with Crippen LogP contribution in [0.4, 0.5) is 5.13 Å². The van der Waals surface area contributed by atoms with Crippen molar-refractivity contribution in [2.45, 2.75) is 26.7 Å².